The lowest BCUT2D eigenvalue weighted by Gasteiger charge is -2.47. The minimum atomic E-state index is -0.486. The average Bonchev–Trinajstić information content (AvgIpc) is 3.41. The summed E-state index contributed by atoms with van der Waals surface area (Å²) < 4.78 is 11.5. The Labute approximate surface area is 168 Å². The van der Waals surface area contributed by atoms with Crippen molar-refractivity contribution < 1.29 is 14.3 Å². The lowest BCUT2D eigenvalue weighted by Crippen LogP contribution is -2.61. The van der Waals surface area contributed by atoms with Crippen LogP contribution in [0.25, 0.3) is 0 Å². The number of nitrogens with zero attached hydrogens (tertiary/aromatic N) is 1. The highest BCUT2D eigenvalue weighted by Gasteiger charge is 2.57. The molecule has 1 aromatic rings. The van der Waals surface area contributed by atoms with E-state index in [-0.39, 0.29) is 23.8 Å². The fraction of sp³-hybridized carbons (Fsp3) is 0.682. The molecule has 0 spiro atoms. The van der Waals surface area contributed by atoms with Gasteiger partial charge < -0.3 is 25.0 Å². The Hall–Kier alpha value is -1.95. The summed E-state index contributed by atoms with van der Waals surface area (Å²) in [4.78, 5) is 14.4. The zero-order valence-electron chi connectivity index (χ0n) is 17.7. The molecule has 6 heteroatoms. The summed E-state index contributed by atoms with van der Waals surface area (Å²) in [5, 5.41) is 7.67. The maximum absolute atomic E-state index is 12.6. The molecule has 1 aromatic carbocycles. The number of hydrogen-bond donors (Lipinski definition) is 2. The van der Waals surface area contributed by atoms with Gasteiger partial charge in [0.15, 0.2) is 0 Å². The van der Waals surface area contributed by atoms with Crippen molar-refractivity contribution in [1.82, 2.24) is 4.90 Å². The summed E-state index contributed by atoms with van der Waals surface area (Å²) in [5.41, 5.74) is 2.91. The smallest absolute Gasteiger partial charge is 0.410 e. The second-order valence-electron chi connectivity index (χ2n) is 9.54. The molecule has 2 aliphatic heterocycles. The number of piperidine rings is 1. The number of hydrogen-bond acceptors (Lipinski definition) is 5. The number of rotatable bonds is 3. The Morgan fingerprint density at radius 3 is 2.54 bits per heavy atom. The quantitative estimate of drug-likeness (QED) is 0.813. The molecule has 6 nitrogen and oxygen atoms in total. The molecule has 154 valence electrons. The van der Waals surface area contributed by atoms with Crippen molar-refractivity contribution in [2.24, 2.45) is 11.8 Å². The molecular weight excluding hydrogens is 354 g/mol. The maximum Gasteiger partial charge on any atom is 0.410 e. The van der Waals surface area contributed by atoms with Crippen molar-refractivity contribution in [3.8, 4) is 0 Å². The number of methoxy groups -OCH3 is 1. The van der Waals surface area contributed by atoms with Crippen LogP contribution in [0.5, 0.6) is 0 Å². The third kappa shape index (κ3) is 3.54. The number of benzene rings is 1. The lowest BCUT2D eigenvalue weighted by molar-refractivity contribution is -0.0439. The zero-order chi connectivity index (χ0) is 20.1. The summed E-state index contributed by atoms with van der Waals surface area (Å²) in [6, 6.07) is 6.53. The maximum atomic E-state index is 12.6. The molecular formula is C22H33N3O3. The summed E-state index contributed by atoms with van der Waals surface area (Å²) in [6.45, 7) is 9.07. The number of carbonyl (C=O) groups is 1. The van der Waals surface area contributed by atoms with Gasteiger partial charge in [0, 0.05) is 25.5 Å². The van der Waals surface area contributed by atoms with Gasteiger partial charge in [-0.15, -0.1) is 0 Å². The second-order valence-corrected chi connectivity index (χ2v) is 9.54. The van der Waals surface area contributed by atoms with E-state index >= 15 is 0 Å². The van der Waals surface area contributed by atoms with Crippen LogP contribution in [-0.2, 0) is 9.47 Å². The Kier molecular flexibility index (Phi) is 4.73. The van der Waals surface area contributed by atoms with Gasteiger partial charge in [-0.25, -0.2) is 4.79 Å². The molecule has 3 aliphatic rings. The third-order valence-corrected chi connectivity index (χ3v) is 6.18. The first-order valence-electron chi connectivity index (χ1n) is 10.4. The van der Waals surface area contributed by atoms with Crippen LogP contribution in [0, 0.1) is 18.8 Å². The van der Waals surface area contributed by atoms with E-state index < -0.39 is 5.60 Å². The lowest BCUT2D eigenvalue weighted by atomic mass is 9.79. The van der Waals surface area contributed by atoms with Crippen LogP contribution in [0.2, 0.25) is 0 Å². The standard InChI is InChI=1S/C22H33N3O3/c1-14-6-9-17-18(12-14)24-22(23-17,15-7-8-15)16-10-11-25(13-19(16)27-5)20(26)28-21(2,3)4/h6,9,12,15-16,19,23-24H,7-8,10-11,13H2,1-5H3. The normalized spacial score (nSPS) is 29.7. The van der Waals surface area contributed by atoms with Gasteiger partial charge in [-0.05, 0) is 64.7 Å². The molecule has 3 atom stereocenters. The Balaban J connectivity index is 1.54. The van der Waals surface area contributed by atoms with Crippen molar-refractivity contribution >= 4 is 17.5 Å². The number of likely N-dealkylation sites (tertiary alicyclic amines) is 1. The van der Waals surface area contributed by atoms with Gasteiger partial charge in [0.2, 0.25) is 0 Å². The number of fused-ring (bicyclic) bond motifs is 1. The fourth-order valence-corrected chi connectivity index (χ4v) is 4.75. The summed E-state index contributed by atoms with van der Waals surface area (Å²) in [5.74, 6) is 0.854. The number of carbonyl (C=O) groups excluding carboxylic acids is 1. The van der Waals surface area contributed by atoms with Gasteiger partial charge in [-0.2, -0.15) is 0 Å². The molecule has 0 bridgehead atoms. The molecule has 2 fully saturated rings. The van der Waals surface area contributed by atoms with E-state index in [0.717, 1.165) is 6.42 Å². The Morgan fingerprint density at radius 2 is 1.89 bits per heavy atom. The average molecular weight is 388 g/mol. The van der Waals surface area contributed by atoms with Crippen LogP contribution in [0.4, 0.5) is 16.2 Å². The molecule has 4 rings (SSSR count). The molecule has 1 amide bonds. The minimum Gasteiger partial charge on any atom is -0.444 e. The van der Waals surface area contributed by atoms with Crippen molar-refractivity contribution in [3.05, 3.63) is 23.8 Å². The first-order valence-corrected chi connectivity index (χ1v) is 10.4. The van der Waals surface area contributed by atoms with Crippen molar-refractivity contribution in [2.75, 3.05) is 30.8 Å². The second kappa shape index (κ2) is 6.83. The van der Waals surface area contributed by atoms with Gasteiger partial charge in [0.25, 0.3) is 0 Å². The zero-order valence-corrected chi connectivity index (χ0v) is 17.7. The minimum absolute atomic E-state index is 0.0442. The highest BCUT2D eigenvalue weighted by atomic mass is 16.6. The fourth-order valence-electron chi connectivity index (χ4n) is 4.75. The molecule has 0 radical (unpaired) electrons. The van der Waals surface area contributed by atoms with Crippen molar-refractivity contribution in [1.29, 1.82) is 0 Å². The van der Waals surface area contributed by atoms with Gasteiger partial charge >= 0.3 is 6.09 Å². The van der Waals surface area contributed by atoms with Gasteiger partial charge in [-0.3, -0.25) is 0 Å². The van der Waals surface area contributed by atoms with Crippen molar-refractivity contribution in [2.45, 2.75) is 64.3 Å². The monoisotopic (exact) mass is 387 g/mol. The topological polar surface area (TPSA) is 62.8 Å². The highest BCUT2D eigenvalue weighted by molar-refractivity contribution is 5.77. The van der Waals surface area contributed by atoms with Crippen LogP contribution in [0.3, 0.4) is 0 Å². The van der Waals surface area contributed by atoms with Crippen LogP contribution in [-0.4, -0.2) is 48.6 Å². The van der Waals surface area contributed by atoms with Crippen molar-refractivity contribution in [3.63, 3.8) is 0 Å². The summed E-state index contributed by atoms with van der Waals surface area (Å²) >= 11 is 0. The molecule has 1 aliphatic carbocycles. The Bertz CT molecular complexity index is 756. The predicted molar refractivity (Wildman–Crippen MR) is 111 cm³/mol. The van der Waals surface area contributed by atoms with E-state index in [1.165, 1.54) is 29.8 Å². The predicted octanol–water partition coefficient (Wildman–Crippen LogP) is 4.21. The largest absolute Gasteiger partial charge is 0.444 e. The SMILES string of the molecule is COC1CN(C(=O)OC(C)(C)C)CCC1C1(C2CC2)Nc2ccc(C)cc2N1. The molecule has 3 unspecified atom stereocenters. The van der Waals surface area contributed by atoms with Crippen LogP contribution in [0.1, 0.15) is 45.6 Å². The van der Waals surface area contributed by atoms with Crippen LogP contribution < -0.4 is 10.6 Å². The van der Waals surface area contributed by atoms with E-state index in [9.17, 15) is 4.79 Å². The first-order chi connectivity index (χ1) is 13.2. The third-order valence-electron chi connectivity index (χ3n) is 6.18. The van der Waals surface area contributed by atoms with E-state index in [1.54, 1.807) is 12.0 Å². The van der Waals surface area contributed by atoms with Gasteiger partial charge in [0.1, 0.15) is 11.3 Å². The number of aryl methyl sites for hydroxylation is 1. The number of amides is 1. The number of anilines is 2. The Morgan fingerprint density at radius 1 is 1.18 bits per heavy atom. The molecule has 28 heavy (non-hydrogen) atoms. The summed E-state index contributed by atoms with van der Waals surface area (Å²) in [6.07, 6.45) is 3.02. The van der Waals surface area contributed by atoms with Gasteiger partial charge in [0.05, 0.1) is 24.0 Å². The molecule has 2 N–H and O–H groups in total. The molecule has 1 saturated heterocycles. The van der Waals surface area contributed by atoms with Crippen LogP contribution in [0.15, 0.2) is 18.2 Å². The van der Waals surface area contributed by atoms with E-state index in [4.69, 9.17) is 9.47 Å². The van der Waals surface area contributed by atoms with Crippen LogP contribution >= 0.6 is 0 Å². The molecule has 2 heterocycles. The van der Waals surface area contributed by atoms with E-state index in [2.05, 4.69) is 35.8 Å². The highest BCUT2D eigenvalue weighted by Crippen LogP contribution is 2.53. The van der Waals surface area contributed by atoms with E-state index in [1.807, 2.05) is 20.8 Å². The number of nitrogens with one attached hydrogen (secondary N) is 2. The number of ether oxygens (including phenoxy) is 2. The first kappa shape index (κ1) is 19.4. The molecule has 0 aromatic heterocycles. The van der Waals surface area contributed by atoms with Gasteiger partial charge in [-0.1, -0.05) is 6.07 Å². The summed E-state index contributed by atoms with van der Waals surface area (Å²) in [7, 11) is 1.75. The van der Waals surface area contributed by atoms with E-state index in [0.29, 0.717) is 19.0 Å². The molecule has 1 saturated carbocycles.